The van der Waals surface area contributed by atoms with Crippen molar-refractivity contribution >= 4 is 23.3 Å². The van der Waals surface area contributed by atoms with E-state index in [0.29, 0.717) is 0 Å². The predicted molar refractivity (Wildman–Crippen MR) is 79.6 cm³/mol. The second-order valence-electron chi connectivity index (χ2n) is 3.98. The van der Waals surface area contributed by atoms with Crippen molar-refractivity contribution in [1.29, 1.82) is 0 Å². The smallest absolute Gasteiger partial charge is 0.412 e. The molecular weight excluding hydrogens is 260 g/mol. The van der Waals surface area contributed by atoms with Crippen LogP contribution in [0.15, 0.2) is 37.0 Å². The Morgan fingerprint density at radius 1 is 1.47 bits per heavy atom. The van der Waals surface area contributed by atoms with E-state index in [2.05, 4.69) is 22.8 Å². The zero-order valence-electron chi connectivity index (χ0n) is 11.4. The van der Waals surface area contributed by atoms with Crippen LogP contribution in [0.25, 0.3) is 0 Å². The molecule has 0 saturated heterocycles. The first-order valence-electron chi connectivity index (χ1n) is 5.85. The average molecular weight is 278 g/mol. The summed E-state index contributed by atoms with van der Waals surface area (Å²) < 4.78 is 9.44. The molecule has 0 aromatic carbocycles. The van der Waals surface area contributed by atoms with E-state index in [1.807, 2.05) is 13.8 Å². The highest BCUT2D eigenvalue weighted by Gasteiger charge is 2.15. The van der Waals surface area contributed by atoms with Crippen LogP contribution in [0.3, 0.4) is 0 Å². The third kappa shape index (κ3) is 4.06. The summed E-state index contributed by atoms with van der Waals surface area (Å²) in [5, 5.41) is 2.71. The van der Waals surface area contributed by atoms with E-state index in [-0.39, 0.29) is 6.10 Å². The largest absolute Gasteiger partial charge is 0.441 e. The molecule has 1 aromatic heterocycles. The second kappa shape index (κ2) is 6.89. The number of carbonyl (C=O) groups excluding carboxylic acids is 1. The molecule has 1 N–H and O–H groups in total. The number of nitrogens with one attached hydrogen (secondary N) is 1. The molecule has 1 unspecified atom stereocenters. The van der Waals surface area contributed by atoms with Crippen molar-refractivity contribution in [3.8, 4) is 0 Å². The van der Waals surface area contributed by atoms with Gasteiger partial charge < -0.3 is 4.74 Å². The molecule has 0 radical (unpaired) electrons. The van der Waals surface area contributed by atoms with Crippen molar-refractivity contribution < 1.29 is 9.53 Å². The maximum Gasteiger partial charge on any atom is 0.412 e. The number of carbonyl (C=O) groups is 1. The molecule has 1 heterocycles. The van der Waals surface area contributed by atoms with Crippen LogP contribution >= 0.6 is 11.5 Å². The molecule has 0 fully saturated rings. The van der Waals surface area contributed by atoms with Crippen LogP contribution in [-0.4, -0.2) is 16.6 Å². The Balaban J connectivity index is 2.68. The lowest BCUT2D eigenvalue weighted by atomic mass is 10.1. The molecule has 0 aliphatic carbocycles. The highest BCUT2D eigenvalue weighted by atomic mass is 32.1. The van der Waals surface area contributed by atoms with Gasteiger partial charge >= 0.3 is 6.09 Å². The number of nitrogens with zero attached hydrogens (tertiary/aromatic N) is 1. The number of rotatable bonds is 5. The summed E-state index contributed by atoms with van der Waals surface area (Å²) in [7, 11) is 0. The van der Waals surface area contributed by atoms with Gasteiger partial charge in [-0.05, 0) is 37.9 Å². The van der Waals surface area contributed by atoms with Crippen LogP contribution in [0.4, 0.5) is 10.5 Å². The van der Waals surface area contributed by atoms with Crippen molar-refractivity contribution in [3.63, 3.8) is 0 Å². The number of hydrogen-bond acceptors (Lipinski definition) is 4. The third-order valence-corrected chi connectivity index (χ3v) is 3.40. The van der Waals surface area contributed by atoms with E-state index in [1.165, 1.54) is 11.5 Å². The van der Waals surface area contributed by atoms with Crippen LogP contribution in [0.5, 0.6) is 0 Å². The normalized spacial score (nSPS) is 12.7. The molecule has 1 atom stereocenters. The zero-order chi connectivity index (χ0) is 14.4. The lowest BCUT2D eigenvalue weighted by Crippen LogP contribution is -2.21. The molecule has 0 spiro atoms. The highest BCUT2D eigenvalue weighted by Crippen LogP contribution is 2.23. The maximum absolute atomic E-state index is 11.8. The van der Waals surface area contributed by atoms with E-state index in [9.17, 15) is 4.79 Å². The number of amides is 1. The van der Waals surface area contributed by atoms with Gasteiger partial charge in [0.1, 0.15) is 6.10 Å². The van der Waals surface area contributed by atoms with Gasteiger partial charge in [-0.2, -0.15) is 4.37 Å². The summed E-state index contributed by atoms with van der Waals surface area (Å²) >= 11 is 1.35. The molecule has 0 bridgehead atoms. The standard InChI is InChI=1S/C14H18N2O2S/c1-6-8-12(7-2)10(4)18-14(17)15-13-9(3)16-19-11(13)5/h6-8,10H,1-2H2,3-5H3,(H,15,17)/b12-8+. The summed E-state index contributed by atoms with van der Waals surface area (Å²) in [6, 6.07) is 0. The van der Waals surface area contributed by atoms with Gasteiger partial charge in [-0.25, -0.2) is 4.79 Å². The van der Waals surface area contributed by atoms with Gasteiger partial charge in [-0.3, -0.25) is 5.32 Å². The van der Waals surface area contributed by atoms with Crippen LogP contribution in [-0.2, 0) is 4.74 Å². The number of aromatic nitrogens is 1. The molecule has 0 aliphatic heterocycles. The number of anilines is 1. The number of ether oxygens (including phenoxy) is 1. The summed E-state index contributed by atoms with van der Waals surface area (Å²) in [5.74, 6) is 0. The van der Waals surface area contributed by atoms with Crippen molar-refractivity contribution in [2.75, 3.05) is 5.32 Å². The minimum Gasteiger partial charge on any atom is -0.441 e. The second-order valence-corrected chi connectivity index (χ2v) is 4.96. The Bertz CT molecular complexity index is 498. The molecule has 0 aliphatic rings. The quantitative estimate of drug-likeness (QED) is 0.828. The minimum absolute atomic E-state index is 0.386. The Morgan fingerprint density at radius 3 is 2.63 bits per heavy atom. The molecule has 5 heteroatoms. The third-order valence-electron chi connectivity index (χ3n) is 2.56. The summed E-state index contributed by atoms with van der Waals surface area (Å²) in [5.41, 5.74) is 2.30. The predicted octanol–water partition coefficient (Wildman–Crippen LogP) is 4.00. The Kier molecular flexibility index (Phi) is 5.51. The maximum atomic E-state index is 11.8. The first-order chi connectivity index (χ1) is 8.99. The average Bonchev–Trinajstić information content (AvgIpc) is 2.67. The van der Waals surface area contributed by atoms with Gasteiger partial charge in [0, 0.05) is 4.88 Å². The van der Waals surface area contributed by atoms with Crippen molar-refractivity contribution in [2.45, 2.75) is 26.9 Å². The SMILES string of the molecule is C=C/C=C(\C=C)C(C)OC(=O)Nc1c(C)nsc1C. The molecule has 19 heavy (non-hydrogen) atoms. The van der Waals surface area contributed by atoms with Gasteiger partial charge in [0.25, 0.3) is 0 Å². The van der Waals surface area contributed by atoms with Crippen molar-refractivity contribution in [2.24, 2.45) is 0 Å². The topological polar surface area (TPSA) is 51.2 Å². The molecule has 4 nitrogen and oxygen atoms in total. The van der Waals surface area contributed by atoms with Gasteiger partial charge in [0.15, 0.2) is 0 Å². The van der Waals surface area contributed by atoms with Crippen LogP contribution in [0.1, 0.15) is 17.5 Å². The highest BCUT2D eigenvalue weighted by molar-refractivity contribution is 7.06. The van der Waals surface area contributed by atoms with Gasteiger partial charge in [-0.1, -0.05) is 31.4 Å². The fourth-order valence-corrected chi connectivity index (χ4v) is 2.18. The van der Waals surface area contributed by atoms with Gasteiger partial charge in [0.2, 0.25) is 0 Å². The minimum atomic E-state index is -0.504. The van der Waals surface area contributed by atoms with Crippen LogP contribution < -0.4 is 5.32 Å². The molecule has 0 saturated carbocycles. The number of allylic oxidation sites excluding steroid dienone is 2. The van der Waals surface area contributed by atoms with Crippen LogP contribution in [0.2, 0.25) is 0 Å². The number of aryl methyl sites for hydroxylation is 2. The summed E-state index contributed by atoms with van der Waals surface area (Å²) in [6.45, 7) is 12.8. The van der Waals surface area contributed by atoms with Crippen molar-refractivity contribution in [1.82, 2.24) is 4.37 Å². The number of hydrogen-bond donors (Lipinski definition) is 1. The van der Waals surface area contributed by atoms with Crippen LogP contribution in [0, 0.1) is 13.8 Å². The molecule has 1 amide bonds. The lowest BCUT2D eigenvalue weighted by Gasteiger charge is -2.14. The summed E-state index contributed by atoms with van der Waals surface area (Å²) in [6.07, 6.45) is 4.14. The van der Waals surface area contributed by atoms with E-state index in [1.54, 1.807) is 25.2 Å². The van der Waals surface area contributed by atoms with Gasteiger partial charge in [0.05, 0.1) is 11.4 Å². The van der Waals surface area contributed by atoms with E-state index in [0.717, 1.165) is 21.8 Å². The van der Waals surface area contributed by atoms with E-state index < -0.39 is 6.09 Å². The monoisotopic (exact) mass is 278 g/mol. The summed E-state index contributed by atoms with van der Waals surface area (Å²) in [4.78, 5) is 12.8. The molecule has 1 rings (SSSR count). The Hall–Kier alpha value is -1.88. The Morgan fingerprint density at radius 2 is 2.16 bits per heavy atom. The van der Waals surface area contributed by atoms with E-state index >= 15 is 0 Å². The fraction of sp³-hybridized carbons (Fsp3) is 0.286. The molecule has 102 valence electrons. The van der Waals surface area contributed by atoms with Crippen molar-refractivity contribution in [3.05, 3.63) is 47.5 Å². The molecule has 1 aromatic rings. The van der Waals surface area contributed by atoms with E-state index in [4.69, 9.17) is 4.74 Å². The first kappa shape index (κ1) is 15.2. The lowest BCUT2D eigenvalue weighted by molar-refractivity contribution is 0.138. The Labute approximate surface area is 117 Å². The zero-order valence-corrected chi connectivity index (χ0v) is 12.2. The van der Waals surface area contributed by atoms with Gasteiger partial charge in [-0.15, -0.1) is 0 Å². The molecular formula is C14H18N2O2S. The first-order valence-corrected chi connectivity index (χ1v) is 6.62. The fourth-order valence-electron chi connectivity index (χ4n) is 1.53.